The van der Waals surface area contributed by atoms with Gasteiger partial charge in [0.05, 0.1) is 37.9 Å². The molecular formula is C35H37N2O8+. The van der Waals surface area contributed by atoms with Crippen LogP contribution in [-0.4, -0.2) is 83.7 Å². The molecule has 5 rings (SSSR count). The average Bonchev–Trinajstić information content (AvgIpc) is 3.00. The minimum atomic E-state index is -1.02. The van der Waals surface area contributed by atoms with Crippen LogP contribution in [-0.2, 0) is 30.3 Å². The maximum Gasteiger partial charge on any atom is 0.336 e. The summed E-state index contributed by atoms with van der Waals surface area (Å²) < 4.78 is 18.9. The van der Waals surface area contributed by atoms with E-state index in [1.165, 1.54) is 0 Å². The first-order valence-electron chi connectivity index (χ1n) is 14.9. The lowest BCUT2D eigenvalue weighted by Gasteiger charge is -2.40. The zero-order chi connectivity index (χ0) is 32.2. The molecule has 10 nitrogen and oxygen atoms in total. The summed E-state index contributed by atoms with van der Waals surface area (Å²) >= 11 is 0. The summed E-state index contributed by atoms with van der Waals surface area (Å²) in [6.07, 6.45) is 9.19. The van der Waals surface area contributed by atoms with Gasteiger partial charge in [-0.25, -0.2) is 9.37 Å². The highest BCUT2D eigenvalue weighted by molar-refractivity contribution is 6.05. The molecular weight excluding hydrogens is 576 g/mol. The third-order valence-electron chi connectivity index (χ3n) is 7.97. The Balaban J connectivity index is 1.62. The van der Waals surface area contributed by atoms with Gasteiger partial charge in [0.1, 0.15) is 31.7 Å². The zero-order valence-electron chi connectivity index (χ0n) is 25.8. The molecule has 2 aromatic carbocycles. The van der Waals surface area contributed by atoms with Crippen molar-refractivity contribution in [1.82, 2.24) is 4.90 Å². The highest BCUT2D eigenvalue weighted by Gasteiger charge is 2.41. The van der Waals surface area contributed by atoms with E-state index < -0.39 is 24.0 Å². The molecule has 1 heterocycles. The van der Waals surface area contributed by atoms with Gasteiger partial charge in [-0.2, -0.15) is 0 Å². The summed E-state index contributed by atoms with van der Waals surface area (Å²) in [5, 5.41) is 21.1. The predicted molar refractivity (Wildman–Crippen MR) is 168 cm³/mol. The molecule has 3 aliphatic rings. The lowest BCUT2D eigenvalue weighted by molar-refractivity contribution is -0.462. The van der Waals surface area contributed by atoms with E-state index in [-0.39, 0.29) is 50.1 Å². The molecule has 0 radical (unpaired) electrons. The molecule has 0 aromatic heterocycles. The summed E-state index contributed by atoms with van der Waals surface area (Å²) in [7, 11) is 3.87. The molecule has 1 aliphatic heterocycles. The number of ether oxygens (including phenoxy) is 3. The summed E-state index contributed by atoms with van der Waals surface area (Å²) in [6.45, 7) is 3.52. The number of phenolic OH excluding ortho intramolecular Hbond substituents is 1. The second-order valence-electron chi connectivity index (χ2n) is 11.1. The van der Waals surface area contributed by atoms with Crippen LogP contribution in [0.2, 0.25) is 0 Å². The number of phenols is 1. The first kappa shape index (κ1) is 31.5. The molecule has 2 aliphatic carbocycles. The fraction of sp³-hybridized carbons (Fsp3) is 0.314. The molecule has 45 heavy (non-hydrogen) atoms. The Labute approximate surface area is 261 Å². The number of carbonyl (C=O) groups is 3. The van der Waals surface area contributed by atoms with Crippen molar-refractivity contribution in [3.8, 4) is 5.75 Å². The number of aromatic carboxylic acids is 1. The molecule has 0 saturated carbocycles. The molecule has 2 unspecified atom stereocenters. The fourth-order valence-corrected chi connectivity index (χ4v) is 5.99. The van der Waals surface area contributed by atoms with Crippen LogP contribution >= 0.6 is 0 Å². The molecule has 2 atom stereocenters. The van der Waals surface area contributed by atoms with Crippen molar-refractivity contribution in [2.75, 3.05) is 40.4 Å². The third kappa shape index (κ3) is 6.46. The van der Waals surface area contributed by atoms with Gasteiger partial charge in [0, 0.05) is 35.2 Å². The summed E-state index contributed by atoms with van der Waals surface area (Å²) in [5.41, 5.74) is 5.34. The van der Waals surface area contributed by atoms with Crippen molar-refractivity contribution in [3.05, 3.63) is 99.9 Å². The minimum absolute atomic E-state index is 0.00102. The van der Waals surface area contributed by atoms with Gasteiger partial charge in [-0.3, -0.25) is 14.5 Å². The highest BCUT2D eigenvalue weighted by Crippen LogP contribution is 2.52. The van der Waals surface area contributed by atoms with E-state index in [9.17, 15) is 24.6 Å². The first-order valence-corrected chi connectivity index (χ1v) is 14.9. The van der Waals surface area contributed by atoms with E-state index in [1.807, 2.05) is 61.2 Å². The monoisotopic (exact) mass is 613 g/mol. The Bertz CT molecular complexity index is 1670. The minimum Gasteiger partial charge on any atom is -0.508 e. The van der Waals surface area contributed by atoms with Crippen molar-refractivity contribution >= 4 is 35.3 Å². The number of carboxylic acid groups (broad SMARTS) is 1. The Morgan fingerprint density at radius 1 is 0.956 bits per heavy atom. The number of hydrogen-bond acceptors (Lipinski definition) is 8. The lowest BCUT2D eigenvalue weighted by atomic mass is 9.73. The topological polar surface area (TPSA) is 126 Å². The number of aromatic hydroxyl groups is 1. The highest BCUT2D eigenvalue weighted by atomic mass is 16.5. The Morgan fingerprint density at radius 3 is 2.29 bits per heavy atom. The Morgan fingerprint density at radius 2 is 1.64 bits per heavy atom. The van der Waals surface area contributed by atoms with E-state index in [4.69, 9.17) is 14.2 Å². The number of allylic oxidation sites excluding steroid dienone is 3. The summed E-state index contributed by atoms with van der Waals surface area (Å²) in [6, 6.07) is 10.3. The number of fused-ring (bicyclic) bond motifs is 4. The fourth-order valence-electron chi connectivity index (χ4n) is 5.99. The SMILES string of the molecule is CCOC(=O)CN(CC(=O)OCC)Cc1c(O)ccc2c1C=CC1C(c3ccccc3C(=O)O)=C3C=CC(=[N+](C)C)C=C3OC21. The van der Waals surface area contributed by atoms with Crippen LogP contribution in [0.15, 0.2) is 72.0 Å². The third-order valence-corrected chi connectivity index (χ3v) is 7.97. The second kappa shape index (κ2) is 13.4. The van der Waals surface area contributed by atoms with E-state index >= 15 is 0 Å². The van der Waals surface area contributed by atoms with Crippen molar-refractivity contribution in [3.63, 3.8) is 0 Å². The van der Waals surface area contributed by atoms with Crippen LogP contribution in [0.5, 0.6) is 5.75 Å². The maximum absolute atomic E-state index is 12.4. The Kier molecular flexibility index (Phi) is 9.34. The number of benzene rings is 2. The smallest absolute Gasteiger partial charge is 0.336 e. The number of carbonyl (C=O) groups excluding carboxylic acids is 2. The quantitative estimate of drug-likeness (QED) is 0.297. The van der Waals surface area contributed by atoms with Crippen molar-refractivity contribution in [2.45, 2.75) is 26.5 Å². The van der Waals surface area contributed by atoms with Crippen LogP contribution in [0.25, 0.3) is 11.6 Å². The molecule has 0 fully saturated rings. The lowest BCUT2D eigenvalue weighted by Crippen LogP contribution is -2.36. The molecule has 10 heteroatoms. The van der Waals surface area contributed by atoms with E-state index in [1.54, 1.807) is 43.0 Å². The van der Waals surface area contributed by atoms with Gasteiger partial charge in [0.25, 0.3) is 0 Å². The Hall–Kier alpha value is -4.96. The predicted octanol–water partition coefficient (Wildman–Crippen LogP) is 4.35. The molecule has 2 N–H and O–H groups in total. The normalized spacial score (nSPS) is 18.0. The molecule has 0 amide bonds. The van der Waals surface area contributed by atoms with Crippen LogP contribution in [0, 0.1) is 5.92 Å². The van der Waals surface area contributed by atoms with Crippen molar-refractivity contribution in [2.24, 2.45) is 5.92 Å². The van der Waals surface area contributed by atoms with E-state index in [0.29, 0.717) is 22.4 Å². The average molecular weight is 614 g/mol. The van der Waals surface area contributed by atoms with Crippen LogP contribution < -0.4 is 0 Å². The van der Waals surface area contributed by atoms with Crippen LogP contribution in [0.4, 0.5) is 0 Å². The molecule has 234 valence electrons. The number of esters is 2. The summed E-state index contributed by atoms with van der Waals surface area (Å²) in [4.78, 5) is 38.8. The van der Waals surface area contributed by atoms with Gasteiger partial charge in [0.15, 0.2) is 0 Å². The van der Waals surface area contributed by atoms with Gasteiger partial charge < -0.3 is 24.4 Å². The van der Waals surface area contributed by atoms with Crippen molar-refractivity contribution < 1.29 is 43.4 Å². The van der Waals surface area contributed by atoms with E-state index in [0.717, 1.165) is 22.4 Å². The summed E-state index contributed by atoms with van der Waals surface area (Å²) in [5.74, 6) is -1.75. The molecule has 0 spiro atoms. The standard InChI is InChI=1S/C35H36N2O8/c1-5-43-31(39)19-37(20-32(40)44-6-2)18-28-22-13-14-27-33(23-9-7-8-10-25(23)35(41)42)26-12-11-21(36(3)4)17-30(26)45-34(27)24(22)15-16-29(28)38/h7-17,27,34H,5-6,18-20H2,1-4H3,(H-,38,41,42)/p+1. The van der Waals surface area contributed by atoms with E-state index in [2.05, 4.69) is 0 Å². The number of carboxylic acids is 1. The zero-order valence-corrected chi connectivity index (χ0v) is 25.8. The molecule has 2 aromatic rings. The largest absolute Gasteiger partial charge is 0.508 e. The van der Waals surface area contributed by atoms with Gasteiger partial charge in [0.2, 0.25) is 5.71 Å². The molecule has 0 saturated heterocycles. The van der Waals surface area contributed by atoms with Crippen molar-refractivity contribution in [1.29, 1.82) is 0 Å². The number of nitrogens with zero attached hydrogens (tertiary/aromatic N) is 2. The van der Waals surface area contributed by atoms with Crippen LogP contribution in [0.3, 0.4) is 0 Å². The van der Waals surface area contributed by atoms with Crippen LogP contribution in [0.1, 0.15) is 52.6 Å². The van der Waals surface area contributed by atoms with Gasteiger partial charge in [-0.15, -0.1) is 0 Å². The first-order chi connectivity index (χ1) is 21.6. The number of rotatable bonds is 10. The second-order valence-corrected chi connectivity index (χ2v) is 11.1. The van der Waals surface area contributed by atoms with Gasteiger partial charge >= 0.3 is 17.9 Å². The van der Waals surface area contributed by atoms with Gasteiger partial charge in [-0.1, -0.05) is 36.4 Å². The van der Waals surface area contributed by atoms with Gasteiger partial charge in [-0.05, 0) is 48.8 Å². The number of hydrogen-bond donors (Lipinski definition) is 2. The maximum atomic E-state index is 12.4. The molecule has 0 bridgehead atoms.